The fourth-order valence-corrected chi connectivity index (χ4v) is 2.46. The molecule has 1 aromatic heterocycles. The number of alkyl halides is 9. The molecule has 1 unspecified atom stereocenters. The molecule has 0 fully saturated rings. The second-order valence-corrected chi connectivity index (χ2v) is 6.01. The van der Waals surface area contributed by atoms with E-state index >= 15 is 0 Å². The van der Waals surface area contributed by atoms with Crippen LogP contribution in [-0.2, 0) is 25.1 Å². The molecule has 1 N–H and O–H groups in total. The third-order valence-electron chi connectivity index (χ3n) is 3.66. The lowest BCUT2D eigenvalue weighted by atomic mass is 10.1. The van der Waals surface area contributed by atoms with E-state index in [0.29, 0.717) is 6.07 Å². The van der Waals surface area contributed by atoms with E-state index < -0.39 is 59.5 Å². The maximum Gasteiger partial charge on any atom is 0.435 e. The summed E-state index contributed by atoms with van der Waals surface area (Å²) in [6.45, 7) is 0.258. The molecule has 2 aromatic rings. The molecule has 0 radical (unpaired) electrons. The predicted octanol–water partition coefficient (Wildman–Crippen LogP) is 4.76. The van der Waals surface area contributed by atoms with Crippen LogP contribution in [0.25, 0.3) is 0 Å². The molecular formula is C16H12F9N3O. The first-order valence-electron chi connectivity index (χ1n) is 7.80. The van der Waals surface area contributed by atoms with Crippen LogP contribution < -0.4 is 5.32 Å². The maximum absolute atomic E-state index is 13.0. The van der Waals surface area contributed by atoms with Crippen LogP contribution in [0.4, 0.5) is 39.5 Å². The van der Waals surface area contributed by atoms with Gasteiger partial charge in [-0.3, -0.25) is 9.48 Å². The molecule has 0 bridgehead atoms. The highest BCUT2D eigenvalue weighted by Gasteiger charge is 2.42. The molecule has 4 nitrogen and oxygen atoms in total. The average molecular weight is 433 g/mol. The molecule has 0 spiro atoms. The number of halogens is 9. The maximum atomic E-state index is 13.0. The van der Waals surface area contributed by atoms with Crippen LogP contribution in [0.3, 0.4) is 0 Å². The molecule has 13 heteroatoms. The Morgan fingerprint density at radius 1 is 1.00 bits per heavy atom. The Hall–Kier alpha value is -2.73. The van der Waals surface area contributed by atoms with Gasteiger partial charge in [-0.05, 0) is 19.1 Å². The van der Waals surface area contributed by atoms with Crippen molar-refractivity contribution < 1.29 is 44.3 Å². The van der Waals surface area contributed by atoms with Gasteiger partial charge < -0.3 is 5.32 Å². The summed E-state index contributed by atoms with van der Waals surface area (Å²) in [7, 11) is 0. The van der Waals surface area contributed by atoms with Crippen molar-refractivity contribution in [1.82, 2.24) is 15.1 Å². The van der Waals surface area contributed by atoms with Gasteiger partial charge in [0.15, 0.2) is 5.69 Å². The Kier molecular flexibility index (Phi) is 5.91. The van der Waals surface area contributed by atoms with Crippen molar-refractivity contribution in [3.8, 4) is 0 Å². The Bertz CT molecular complexity index is 881. The molecule has 0 aliphatic carbocycles. The van der Waals surface area contributed by atoms with E-state index in [4.69, 9.17) is 0 Å². The largest absolute Gasteiger partial charge is 0.435 e. The SMILES string of the molecule is CC(Cn1nc(C(F)(F)F)cc1C(F)(F)F)NC(=O)c1ccccc1C(F)(F)F. The lowest BCUT2D eigenvalue weighted by molar-refractivity contribution is -0.144. The van der Waals surface area contributed by atoms with Crippen molar-refractivity contribution in [3.63, 3.8) is 0 Å². The molecular weight excluding hydrogens is 421 g/mol. The summed E-state index contributed by atoms with van der Waals surface area (Å²) in [4.78, 5) is 12.1. The van der Waals surface area contributed by atoms with Gasteiger partial charge in [0, 0.05) is 12.1 Å². The molecule has 0 saturated carbocycles. The number of carbonyl (C=O) groups excluding carboxylic acids is 1. The van der Waals surface area contributed by atoms with Crippen LogP contribution in [0.5, 0.6) is 0 Å². The van der Waals surface area contributed by atoms with Crippen LogP contribution in [-0.4, -0.2) is 21.7 Å². The summed E-state index contributed by atoms with van der Waals surface area (Å²) in [6, 6.07) is 2.24. The summed E-state index contributed by atoms with van der Waals surface area (Å²) in [5.74, 6) is -1.25. The van der Waals surface area contributed by atoms with Crippen LogP contribution in [0.2, 0.25) is 0 Å². The quantitative estimate of drug-likeness (QED) is 0.708. The second-order valence-electron chi connectivity index (χ2n) is 6.01. The number of nitrogens with zero attached hydrogens (tertiary/aromatic N) is 2. The molecule has 1 amide bonds. The van der Waals surface area contributed by atoms with Crippen molar-refractivity contribution in [1.29, 1.82) is 0 Å². The highest BCUT2D eigenvalue weighted by Crippen LogP contribution is 2.35. The molecule has 1 atom stereocenters. The minimum atomic E-state index is -5.16. The zero-order valence-electron chi connectivity index (χ0n) is 14.4. The van der Waals surface area contributed by atoms with Crippen molar-refractivity contribution in [2.45, 2.75) is 38.0 Å². The van der Waals surface area contributed by atoms with E-state index in [0.717, 1.165) is 25.1 Å². The topological polar surface area (TPSA) is 46.9 Å². The number of amides is 1. The summed E-state index contributed by atoms with van der Waals surface area (Å²) < 4.78 is 116. The van der Waals surface area contributed by atoms with Gasteiger partial charge in [-0.2, -0.15) is 44.6 Å². The number of hydrogen-bond acceptors (Lipinski definition) is 2. The van der Waals surface area contributed by atoms with Crippen LogP contribution in [0.15, 0.2) is 30.3 Å². The summed E-state index contributed by atoms with van der Waals surface area (Å²) in [6.07, 6.45) is -15.2. The van der Waals surface area contributed by atoms with Gasteiger partial charge in [-0.1, -0.05) is 12.1 Å². The third kappa shape index (κ3) is 5.41. The van der Waals surface area contributed by atoms with E-state index in [1.165, 1.54) is 0 Å². The first-order valence-corrected chi connectivity index (χ1v) is 7.80. The van der Waals surface area contributed by atoms with Crippen molar-refractivity contribution in [2.24, 2.45) is 0 Å². The van der Waals surface area contributed by atoms with E-state index in [2.05, 4.69) is 5.10 Å². The lowest BCUT2D eigenvalue weighted by Crippen LogP contribution is -2.37. The normalized spacial score (nSPS) is 14.0. The third-order valence-corrected chi connectivity index (χ3v) is 3.66. The Morgan fingerprint density at radius 3 is 2.10 bits per heavy atom. The molecule has 1 heterocycles. The van der Waals surface area contributed by atoms with Crippen LogP contribution in [0.1, 0.15) is 34.2 Å². The highest BCUT2D eigenvalue weighted by atomic mass is 19.4. The minimum absolute atomic E-state index is 0.00341. The monoisotopic (exact) mass is 433 g/mol. The van der Waals surface area contributed by atoms with E-state index in [1.807, 2.05) is 5.32 Å². The number of rotatable bonds is 4. The van der Waals surface area contributed by atoms with Crippen molar-refractivity contribution >= 4 is 5.91 Å². The summed E-state index contributed by atoms with van der Waals surface area (Å²) in [5, 5.41) is 4.90. The first-order chi connectivity index (χ1) is 13.1. The summed E-state index contributed by atoms with van der Waals surface area (Å²) >= 11 is 0. The molecule has 0 aliphatic rings. The first kappa shape index (κ1) is 22.6. The lowest BCUT2D eigenvalue weighted by Gasteiger charge is -2.18. The number of benzene rings is 1. The zero-order chi connectivity index (χ0) is 22.2. The van der Waals surface area contributed by atoms with Crippen molar-refractivity contribution in [3.05, 3.63) is 52.8 Å². The fourth-order valence-electron chi connectivity index (χ4n) is 2.46. The van der Waals surface area contributed by atoms with Gasteiger partial charge in [0.2, 0.25) is 0 Å². The van der Waals surface area contributed by atoms with E-state index in [-0.39, 0.29) is 10.7 Å². The average Bonchev–Trinajstić information content (AvgIpc) is 2.98. The number of hydrogen-bond donors (Lipinski definition) is 1. The Balaban J connectivity index is 2.25. The molecule has 29 heavy (non-hydrogen) atoms. The van der Waals surface area contributed by atoms with Crippen molar-refractivity contribution in [2.75, 3.05) is 0 Å². The number of carbonyl (C=O) groups is 1. The van der Waals surface area contributed by atoms with Gasteiger partial charge in [0.05, 0.1) is 17.7 Å². The summed E-state index contributed by atoms with van der Waals surface area (Å²) in [5.41, 5.74) is -5.54. The fraction of sp³-hybridized carbons (Fsp3) is 0.375. The van der Waals surface area contributed by atoms with Gasteiger partial charge in [-0.15, -0.1) is 0 Å². The number of nitrogens with one attached hydrogen (secondary N) is 1. The standard InChI is InChI=1S/C16H12F9N3O/c1-8(26-13(29)9-4-2-3-5-10(9)14(17,18)19)7-28-12(16(23,24)25)6-11(27-28)15(20,21)22/h2-6,8H,7H2,1H3,(H,26,29). The van der Waals surface area contributed by atoms with Gasteiger partial charge in [0.1, 0.15) is 5.69 Å². The molecule has 160 valence electrons. The van der Waals surface area contributed by atoms with E-state index in [1.54, 1.807) is 0 Å². The Morgan fingerprint density at radius 2 is 1.59 bits per heavy atom. The second kappa shape index (κ2) is 7.59. The Labute approximate surface area is 157 Å². The minimum Gasteiger partial charge on any atom is -0.348 e. The van der Waals surface area contributed by atoms with Gasteiger partial charge >= 0.3 is 18.5 Å². The predicted molar refractivity (Wildman–Crippen MR) is 80.6 cm³/mol. The molecule has 2 rings (SSSR count). The van der Waals surface area contributed by atoms with Crippen LogP contribution in [0, 0.1) is 0 Å². The van der Waals surface area contributed by atoms with Gasteiger partial charge in [0.25, 0.3) is 5.91 Å². The molecule has 0 aliphatic heterocycles. The van der Waals surface area contributed by atoms with Gasteiger partial charge in [-0.25, -0.2) is 0 Å². The molecule has 1 aromatic carbocycles. The number of aromatic nitrogens is 2. The van der Waals surface area contributed by atoms with Crippen LogP contribution >= 0.6 is 0 Å². The van der Waals surface area contributed by atoms with E-state index in [9.17, 15) is 44.3 Å². The zero-order valence-corrected chi connectivity index (χ0v) is 14.4. The molecule has 0 saturated heterocycles. The highest BCUT2D eigenvalue weighted by molar-refractivity contribution is 5.96. The smallest absolute Gasteiger partial charge is 0.348 e.